The molecule has 0 spiro atoms. The Morgan fingerprint density at radius 1 is 1.12 bits per heavy atom. The van der Waals surface area contributed by atoms with Gasteiger partial charge in [0.1, 0.15) is 6.10 Å². The van der Waals surface area contributed by atoms with Crippen LogP contribution in [0.2, 0.25) is 0 Å². The van der Waals surface area contributed by atoms with Crippen LogP contribution in [0, 0.1) is 20.8 Å². The minimum Gasteiger partial charge on any atom is -0.545 e. The Labute approximate surface area is 174 Å². The number of aromatic nitrogens is 2. The fourth-order valence-corrected chi connectivity index (χ4v) is 3.17. The Kier molecular flexibility index (Phi) is 6.42. The van der Waals surface area contributed by atoms with Crippen LogP contribution in [0.1, 0.15) is 44.3 Å². The van der Waals surface area contributed by atoms with Crippen molar-refractivity contribution < 1.29 is 44.6 Å². The summed E-state index contributed by atoms with van der Waals surface area (Å²) in [5.74, 6) is -1.22. The van der Waals surface area contributed by atoms with E-state index in [-0.39, 0.29) is 35.1 Å². The molecule has 1 atom stereocenters. The number of nitrogens with zero attached hydrogens (tertiary/aromatic N) is 2. The third-order valence-corrected chi connectivity index (χ3v) is 4.46. The summed E-state index contributed by atoms with van der Waals surface area (Å²) in [6.07, 6.45) is 4.39. The number of aliphatic hydroxyl groups excluding tert-OH is 1. The van der Waals surface area contributed by atoms with Gasteiger partial charge < -0.3 is 19.6 Å². The average Bonchev–Trinajstić information content (AvgIpc) is 3.08. The number of hydrogen-bond acceptors (Lipinski definition) is 4. The van der Waals surface area contributed by atoms with E-state index in [2.05, 4.69) is 4.98 Å². The first-order chi connectivity index (χ1) is 11.9. The van der Waals surface area contributed by atoms with Crippen LogP contribution in [-0.2, 0) is 0 Å². The smallest absolute Gasteiger partial charge is 0.545 e. The Bertz CT molecular complexity index is 913. The van der Waals surface area contributed by atoms with Gasteiger partial charge in [-0.25, -0.2) is 4.98 Å². The molecule has 1 N–H and O–H groups in total. The molecule has 26 heavy (non-hydrogen) atoms. The molecule has 3 aromatic rings. The van der Waals surface area contributed by atoms with Crippen LogP contribution < -0.4 is 34.7 Å². The largest absolute Gasteiger partial charge is 1.00 e. The molecular weight excluding hydrogens is 339 g/mol. The Hall–Kier alpha value is -1.92. The van der Waals surface area contributed by atoms with E-state index in [1.54, 1.807) is 26.4 Å². The number of hydrogen-bond donors (Lipinski definition) is 1. The van der Waals surface area contributed by atoms with Gasteiger partial charge in [0.05, 0.1) is 12.3 Å². The fourth-order valence-electron chi connectivity index (χ4n) is 3.17. The van der Waals surface area contributed by atoms with Crippen molar-refractivity contribution >= 4 is 5.97 Å². The molecule has 128 valence electrons. The summed E-state index contributed by atoms with van der Waals surface area (Å²) in [5.41, 5.74) is 4.92. The first-order valence-corrected chi connectivity index (χ1v) is 7.98. The van der Waals surface area contributed by atoms with E-state index < -0.39 is 12.1 Å². The van der Waals surface area contributed by atoms with Crippen LogP contribution in [0.25, 0.3) is 5.69 Å². The SMILES string of the molecule is Cc1ccc(-n2ccnc2)cc1C(O)c1c(C)cc(C(=O)[O-])cc1C.[Na+]. The Morgan fingerprint density at radius 3 is 2.31 bits per heavy atom. The number of imidazole rings is 1. The summed E-state index contributed by atoms with van der Waals surface area (Å²) in [5, 5.41) is 22.1. The van der Waals surface area contributed by atoms with Crippen LogP contribution in [-0.4, -0.2) is 20.6 Å². The number of aryl methyl sites for hydroxylation is 3. The maximum absolute atomic E-state index is 11.1. The molecule has 3 rings (SSSR count). The summed E-state index contributed by atoms with van der Waals surface area (Å²) in [6, 6.07) is 8.92. The maximum atomic E-state index is 11.1. The topological polar surface area (TPSA) is 78.2 Å². The number of rotatable bonds is 4. The van der Waals surface area contributed by atoms with Crippen molar-refractivity contribution in [2.24, 2.45) is 0 Å². The molecule has 0 bridgehead atoms. The fraction of sp³-hybridized carbons (Fsp3) is 0.200. The number of aliphatic hydroxyl groups is 1. The summed E-state index contributed by atoms with van der Waals surface area (Å²) in [7, 11) is 0. The van der Waals surface area contributed by atoms with Crippen molar-refractivity contribution in [3.05, 3.63) is 82.4 Å². The van der Waals surface area contributed by atoms with Gasteiger partial charge in [-0.1, -0.05) is 6.07 Å². The molecule has 0 saturated heterocycles. The molecule has 1 unspecified atom stereocenters. The van der Waals surface area contributed by atoms with Gasteiger partial charge in [-0.15, -0.1) is 0 Å². The summed E-state index contributed by atoms with van der Waals surface area (Å²) in [6.45, 7) is 5.54. The van der Waals surface area contributed by atoms with Crippen LogP contribution >= 0.6 is 0 Å². The molecule has 6 heteroatoms. The molecule has 0 fully saturated rings. The van der Waals surface area contributed by atoms with Crippen molar-refractivity contribution in [3.8, 4) is 5.69 Å². The van der Waals surface area contributed by atoms with Gasteiger partial charge in [-0.05, 0) is 78.4 Å². The van der Waals surface area contributed by atoms with E-state index in [0.717, 1.165) is 33.5 Å². The summed E-state index contributed by atoms with van der Waals surface area (Å²) in [4.78, 5) is 15.2. The molecule has 0 aliphatic heterocycles. The van der Waals surface area contributed by atoms with Gasteiger partial charge in [-0.2, -0.15) is 0 Å². The summed E-state index contributed by atoms with van der Waals surface area (Å²) >= 11 is 0. The van der Waals surface area contributed by atoms with Crippen LogP contribution in [0.3, 0.4) is 0 Å². The second-order valence-electron chi connectivity index (χ2n) is 6.22. The van der Waals surface area contributed by atoms with Crippen LogP contribution in [0.15, 0.2) is 49.1 Å². The van der Waals surface area contributed by atoms with Gasteiger partial charge in [0.15, 0.2) is 0 Å². The van der Waals surface area contributed by atoms with E-state index in [9.17, 15) is 15.0 Å². The van der Waals surface area contributed by atoms with Gasteiger partial charge in [-0.3, -0.25) is 0 Å². The van der Waals surface area contributed by atoms with E-state index in [0.29, 0.717) is 0 Å². The van der Waals surface area contributed by atoms with Gasteiger partial charge in [0.2, 0.25) is 0 Å². The van der Waals surface area contributed by atoms with Crippen LogP contribution in [0.5, 0.6) is 0 Å². The number of carbonyl (C=O) groups excluding carboxylic acids is 1. The first-order valence-electron chi connectivity index (χ1n) is 7.98. The van der Waals surface area contributed by atoms with Crippen LogP contribution in [0.4, 0.5) is 0 Å². The number of carboxylic acid groups (broad SMARTS) is 1. The molecule has 2 aromatic carbocycles. The molecule has 0 saturated carbocycles. The Balaban J connectivity index is 0.00000243. The monoisotopic (exact) mass is 358 g/mol. The van der Waals surface area contributed by atoms with Crippen molar-refractivity contribution in [2.45, 2.75) is 26.9 Å². The van der Waals surface area contributed by atoms with E-state index in [1.807, 2.05) is 35.9 Å². The van der Waals surface area contributed by atoms with E-state index >= 15 is 0 Å². The number of aromatic carboxylic acids is 1. The molecule has 5 nitrogen and oxygen atoms in total. The second kappa shape index (κ2) is 8.18. The van der Waals surface area contributed by atoms with Crippen molar-refractivity contribution in [1.82, 2.24) is 9.55 Å². The number of benzene rings is 2. The predicted octanol–water partition coefficient (Wildman–Crippen LogP) is -0.753. The van der Waals surface area contributed by atoms with E-state index in [1.165, 1.54) is 12.1 Å². The van der Waals surface area contributed by atoms with Gasteiger partial charge in [0.25, 0.3) is 0 Å². The first kappa shape index (κ1) is 20.4. The van der Waals surface area contributed by atoms with Crippen molar-refractivity contribution in [3.63, 3.8) is 0 Å². The zero-order chi connectivity index (χ0) is 18.1. The van der Waals surface area contributed by atoms with E-state index in [4.69, 9.17) is 0 Å². The minimum atomic E-state index is -1.22. The molecule has 0 amide bonds. The van der Waals surface area contributed by atoms with Gasteiger partial charge >= 0.3 is 29.6 Å². The van der Waals surface area contributed by atoms with Gasteiger partial charge in [0, 0.05) is 18.1 Å². The van der Waals surface area contributed by atoms with Crippen molar-refractivity contribution in [2.75, 3.05) is 0 Å². The number of carboxylic acids is 1. The zero-order valence-corrected chi connectivity index (χ0v) is 17.4. The Morgan fingerprint density at radius 2 is 1.77 bits per heavy atom. The molecule has 0 aliphatic rings. The third-order valence-electron chi connectivity index (χ3n) is 4.46. The minimum absolute atomic E-state index is 0. The molecule has 0 aliphatic carbocycles. The zero-order valence-electron chi connectivity index (χ0n) is 15.4. The predicted molar refractivity (Wildman–Crippen MR) is 92.6 cm³/mol. The average molecular weight is 358 g/mol. The second-order valence-corrected chi connectivity index (χ2v) is 6.22. The standard InChI is InChI=1S/C20H20N2O3.Na/c1-12-4-5-16(22-7-6-21-11-22)10-17(12)19(23)18-13(2)8-15(20(24)25)9-14(18)3;/h4-11,19,23H,1-3H3,(H,24,25);/q;+1/p-1. The molecule has 1 heterocycles. The summed E-state index contributed by atoms with van der Waals surface area (Å²) < 4.78 is 1.87. The van der Waals surface area contributed by atoms with Crippen molar-refractivity contribution in [1.29, 1.82) is 0 Å². The normalized spacial score (nSPS) is 11.7. The quantitative estimate of drug-likeness (QED) is 0.623. The molecular formula is C20H19N2NaO3. The number of carbonyl (C=O) groups is 1. The maximum Gasteiger partial charge on any atom is 1.00 e. The third kappa shape index (κ3) is 3.91. The molecule has 0 radical (unpaired) electrons. The molecule has 1 aromatic heterocycles.